The summed E-state index contributed by atoms with van der Waals surface area (Å²) in [6, 6.07) is 0. The number of rotatable bonds is 3. The highest BCUT2D eigenvalue weighted by atomic mass is 79.9. The molecule has 1 atom stereocenters. The van der Waals surface area contributed by atoms with Crippen LogP contribution in [-0.4, -0.2) is 33.9 Å². The quantitative estimate of drug-likeness (QED) is 0.847. The number of nitrogens with zero attached hydrogens (tertiary/aromatic N) is 3. The Balaban J connectivity index is 2.38. The molecule has 5 nitrogen and oxygen atoms in total. The van der Waals surface area contributed by atoms with E-state index in [4.69, 9.17) is 0 Å². The van der Waals surface area contributed by atoms with Gasteiger partial charge in [0.25, 0.3) is 0 Å². The number of hydrogen-bond acceptors (Lipinski definition) is 4. The lowest BCUT2D eigenvalue weighted by Gasteiger charge is -2.24. The Morgan fingerprint density at radius 3 is 2.88 bits per heavy atom. The molecule has 0 spiro atoms. The summed E-state index contributed by atoms with van der Waals surface area (Å²) in [5, 5.41) is 11.0. The Bertz CT molecular complexity index is 389. The van der Waals surface area contributed by atoms with Crippen LogP contribution in [0.5, 0.6) is 0 Å². The van der Waals surface area contributed by atoms with Gasteiger partial charge in [-0.15, -0.1) is 5.10 Å². The zero-order valence-corrected chi connectivity index (χ0v) is 11.0. The molecule has 0 bridgehead atoms. The number of carbonyl (C=O) groups excluding carboxylic acids is 1. The molecule has 1 aromatic heterocycles. The van der Waals surface area contributed by atoms with Crippen molar-refractivity contribution in [2.24, 2.45) is 12.5 Å². The fraction of sp³-hybridized carbons (Fsp3) is 0.700. The molecule has 1 aromatic rings. The Hall–Kier alpha value is -0.750. The molecule has 1 unspecified atom stereocenters. The van der Waals surface area contributed by atoms with Crippen LogP contribution in [0.15, 0.2) is 4.60 Å². The van der Waals surface area contributed by atoms with Gasteiger partial charge in [-0.2, -0.15) is 0 Å². The summed E-state index contributed by atoms with van der Waals surface area (Å²) in [6.45, 7) is 3.71. The summed E-state index contributed by atoms with van der Waals surface area (Å²) >= 11 is 3.28. The molecule has 1 aliphatic rings. The molecule has 1 fully saturated rings. The monoisotopic (exact) mass is 286 g/mol. The Morgan fingerprint density at radius 2 is 2.44 bits per heavy atom. The molecule has 0 radical (unpaired) electrons. The van der Waals surface area contributed by atoms with E-state index in [1.807, 2.05) is 0 Å². The van der Waals surface area contributed by atoms with Crippen LogP contribution in [0, 0.1) is 5.41 Å². The van der Waals surface area contributed by atoms with E-state index in [2.05, 4.69) is 38.5 Å². The predicted molar refractivity (Wildman–Crippen MR) is 63.2 cm³/mol. The molecule has 0 aliphatic carbocycles. The van der Waals surface area contributed by atoms with Gasteiger partial charge in [0.1, 0.15) is 5.69 Å². The second-order valence-corrected chi connectivity index (χ2v) is 4.99. The molecule has 2 heterocycles. The predicted octanol–water partition coefficient (Wildman–Crippen LogP) is 1.15. The molecular formula is C10H15BrN4O. The lowest BCUT2D eigenvalue weighted by atomic mass is 9.79. The summed E-state index contributed by atoms with van der Waals surface area (Å²) in [4.78, 5) is 12.5. The highest BCUT2D eigenvalue weighted by molar-refractivity contribution is 9.10. The molecule has 6 heteroatoms. The second kappa shape index (κ2) is 4.25. The van der Waals surface area contributed by atoms with Gasteiger partial charge in [-0.1, -0.05) is 12.1 Å². The Labute approximate surface area is 103 Å². The van der Waals surface area contributed by atoms with Crippen molar-refractivity contribution in [2.75, 3.05) is 13.1 Å². The standard InChI is InChI=1S/C10H15BrN4O/c1-3-10(4-5-12-6-10)8(16)7-9(11)13-14-15(7)2/h12H,3-6H2,1-2H3. The zero-order chi connectivity index (χ0) is 11.8. The Morgan fingerprint density at radius 1 is 1.69 bits per heavy atom. The first-order chi connectivity index (χ1) is 7.60. The van der Waals surface area contributed by atoms with E-state index in [1.54, 1.807) is 11.7 Å². The van der Waals surface area contributed by atoms with E-state index in [0.717, 1.165) is 25.9 Å². The molecule has 88 valence electrons. The van der Waals surface area contributed by atoms with Crippen molar-refractivity contribution < 1.29 is 4.79 Å². The number of carbonyl (C=O) groups is 1. The van der Waals surface area contributed by atoms with Crippen LogP contribution in [-0.2, 0) is 7.05 Å². The van der Waals surface area contributed by atoms with Gasteiger partial charge in [0.15, 0.2) is 10.4 Å². The number of ketones is 1. The lowest BCUT2D eigenvalue weighted by Crippen LogP contribution is -2.34. The minimum Gasteiger partial charge on any atom is -0.316 e. The summed E-state index contributed by atoms with van der Waals surface area (Å²) in [6.07, 6.45) is 1.73. The van der Waals surface area contributed by atoms with Crippen molar-refractivity contribution in [3.63, 3.8) is 0 Å². The van der Waals surface area contributed by atoms with E-state index in [0.29, 0.717) is 10.3 Å². The van der Waals surface area contributed by atoms with Crippen LogP contribution in [0.25, 0.3) is 0 Å². The molecular weight excluding hydrogens is 272 g/mol. The highest BCUT2D eigenvalue weighted by Gasteiger charge is 2.42. The van der Waals surface area contributed by atoms with Crippen LogP contribution in [0.3, 0.4) is 0 Å². The molecule has 1 saturated heterocycles. The molecule has 0 saturated carbocycles. The number of Topliss-reactive ketones (excluding diaryl/α,β-unsaturated/α-hetero) is 1. The zero-order valence-electron chi connectivity index (χ0n) is 9.46. The maximum Gasteiger partial charge on any atom is 0.191 e. The molecule has 1 N–H and O–H groups in total. The molecule has 2 rings (SSSR count). The SMILES string of the molecule is CCC1(C(=O)c2c(Br)nnn2C)CCNC1. The third kappa shape index (κ3) is 1.69. The summed E-state index contributed by atoms with van der Waals surface area (Å²) in [5.74, 6) is 0.138. The number of aryl methyl sites for hydroxylation is 1. The first-order valence-corrected chi connectivity index (χ1v) is 6.21. The molecule has 0 amide bonds. The minimum absolute atomic E-state index is 0.138. The van der Waals surface area contributed by atoms with Crippen LogP contribution in [0.2, 0.25) is 0 Å². The van der Waals surface area contributed by atoms with Gasteiger partial charge in [-0.25, -0.2) is 4.68 Å². The van der Waals surface area contributed by atoms with Crippen molar-refractivity contribution in [1.82, 2.24) is 20.3 Å². The molecule has 1 aliphatic heterocycles. The first-order valence-electron chi connectivity index (χ1n) is 5.41. The van der Waals surface area contributed by atoms with Crippen molar-refractivity contribution in [1.29, 1.82) is 0 Å². The van der Waals surface area contributed by atoms with E-state index >= 15 is 0 Å². The van der Waals surface area contributed by atoms with Crippen LogP contribution in [0.1, 0.15) is 30.3 Å². The van der Waals surface area contributed by atoms with Crippen LogP contribution < -0.4 is 5.32 Å². The average Bonchev–Trinajstić information content (AvgIpc) is 2.86. The number of nitrogens with one attached hydrogen (secondary N) is 1. The van der Waals surface area contributed by atoms with Crippen molar-refractivity contribution in [3.8, 4) is 0 Å². The van der Waals surface area contributed by atoms with E-state index < -0.39 is 0 Å². The highest BCUT2D eigenvalue weighted by Crippen LogP contribution is 2.34. The average molecular weight is 287 g/mol. The van der Waals surface area contributed by atoms with E-state index in [-0.39, 0.29) is 11.2 Å². The van der Waals surface area contributed by atoms with Crippen LogP contribution >= 0.6 is 15.9 Å². The fourth-order valence-electron chi connectivity index (χ4n) is 2.22. The van der Waals surface area contributed by atoms with E-state index in [1.165, 1.54) is 0 Å². The van der Waals surface area contributed by atoms with Gasteiger partial charge < -0.3 is 5.32 Å². The summed E-state index contributed by atoms with van der Waals surface area (Å²) < 4.78 is 2.09. The van der Waals surface area contributed by atoms with Crippen molar-refractivity contribution in [3.05, 3.63) is 10.3 Å². The van der Waals surface area contributed by atoms with Gasteiger partial charge in [-0.3, -0.25) is 4.79 Å². The lowest BCUT2D eigenvalue weighted by molar-refractivity contribution is 0.0799. The smallest absolute Gasteiger partial charge is 0.191 e. The maximum atomic E-state index is 12.5. The number of hydrogen-bond donors (Lipinski definition) is 1. The van der Waals surface area contributed by atoms with Crippen molar-refractivity contribution >= 4 is 21.7 Å². The van der Waals surface area contributed by atoms with Gasteiger partial charge in [0, 0.05) is 19.0 Å². The van der Waals surface area contributed by atoms with Gasteiger partial charge in [0.05, 0.1) is 0 Å². The fourth-order valence-corrected chi connectivity index (χ4v) is 2.73. The topological polar surface area (TPSA) is 59.8 Å². The van der Waals surface area contributed by atoms with E-state index in [9.17, 15) is 4.79 Å². The van der Waals surface area contributed by atoms with Gasteiger partial charge in [0.2, 0.25) is 0 Å². The second-order valence-electron chi connectivity index (χ2n) is 4.24. The van der Waals surface area contributed by atoms with Gasteiger partial charge in [-0.05, 0) is 35.3 Å². The largest absolute Gasteiger partial charge is 0.316 e. The summed E-state index contributed by atoms with van der Waals surface area (Å²) in [5.41, 5.74) is 0.295. The summed E-state index contributed by atoms with van der Waals surface area (Å²) in [7, 11) is 1.75. The molecule has 16 heavy (non-hydrogen) atoms. The van der Waals surface area contributed by atoms with Crippen LogP contribution in [0.4, 0.5) is 0 Å². The number of aromatic nitrogens is 3. The number of halogens is 1. The minimum atomic E-state index is -0.280. The van der Waals surface area contributed by atoms with Gasteiger partial charge >= 0.3 is 0 Å². The van der Waals surface area contributed by atoms with Crippen molar-refractivity contribution in [2.45, 2.75) is 19.8 Å². The third-order valence-electron chi connectivity index (χ3n) is 3.40. The maximum absolute atomic E-state index is 12.5. The Kier molecular flexibility index (Phi) is 3.12. The third-order valence-corrected chi connectivity index (χ3v) is 3.94. The molecule has 0 aromatic carbocycles. The first kappa shape index (κ1) is 11.7. The normalized spacial score (nSPS) is 24.9.